The molecule has 0 saturated heterocycles. The lowest BCUT2D eigenvalue weighted by molar-refractivity contribution is 0.0682. The van der Waals surface area contributed by atoms with Crippen LogP contribution in [-0.4, -0.2) is 41.8 Å². The van der Waals surface area contributed by atoms with Crippen molar-refractivity contribution in [1.82, 2.24) is 9.29 Å². The van der Waals surface area contributed by atoms with Gasteiger partial charge in [-0.3, -0.25) is 0 Å². The summed E-state index contributed by atoms with van der Waals surface area (Å²) in [5.41, 5.74) is -0.317. The second kappa shape index (κ2) is 4.86. The maximum Gasteiger partial charge on any atom is 0.353 e. The van der Waals surface area contributed by atoms with Crippen molar-refractivity contribution >= 4 is 16.0 Å². The van der Waals surface area contributed by atoms with Gasteiger partial charge in [-0.15, -0.1) is 0 Å². The molecule has 8 heteroatoms. The van der Waals surface area contributed by atoms with E-state index in [0.717, 1.165) is 0 Å². The number of carbonyl (C=O) groups is 1. The molecular formula is C9H14N2O5S. The lowest BCUT2D eigenvalue weighted by atomic mass is 10.4. The molecule has 0 spiro atoms. The van der Waals surface area contributed by atoms with Crippen molar-refractivity contribution in [3.63, 3.8) is 0 Å². The van der Waals surface area contributed by atoms with Crippen molar-refractivity contribution in [1.29, 1.82) is 0 Å². The van der Waals surface area contributed by atoms with Crippen LogP contribution in [0.2, 0.25) is 0 Å². The lowest BCUT2D eigenvalue weighted by Crippen LogP contribution is -2.35. The number of aliphatic hydroxyl groups excluding tert-OH is 1. The summed E-state index contributed by atoms with van der Waals surface area (Å²) < 4.78 is 27.1. The predicted molar refractivity (Wildman–Crippen MR) is 59.2 cm³/mol. The molecule has 0 bridgehead atoms. The minimum atomic E-state index is -3.94. The Morgan fingerprint density at radius 2 is 2.18 bits per heavy atom. The summed E-state index contributed by atoms with van der Waals surface area (Å²) in [4.78, 5) is 10.6. The van der Waals surface area contributed by atoms with E-state index in [1.54, 1.807) is 0 Å². The maximum absolute atomic E-state index is 11.8. The fraction of sp³-hybridized carbons (Fsp3) is 0.444. The quantitative estimate of drug-likeness (QED) is 0.655. The Kier molecular flexibility index (Phi) is 3.91. The van der Waals surface area contributed by atoms with Crippen molar-refractivity contribution in [3.05, 3.63) is 18.0 Å². The molecule has 0 aliphatic carbocycles. The Morgan fingerprint density at radius 3 is 2.65 bits per heavy atom. The van der Waals surface area contributed by atoms with E-state index in [2.05, 4.69) is 4.72 Å². The van der Waals surface area contributed by atoms with Gasteiger partial charge in [-0.1, -0.05) is 0 Å². The highest BCUT2D eigenvalue weighted by atomic mass is 32.2. The summed E-state index contributed by atoms with van der Waals surface area (Å²) >= 11 is 0. The number of nitrogens with zero attached hydrogens (tertiary/aromatic N) is 1. The van der Waals surface area contributed by atoms with Crippen LogP contribution in [0.4, 0.5) is 0 Å². The molecule has 96 valence electrons. The average molecular weight is 262 g/mol. The Hall–Kier alpha value is -1.38. The zero-order chi connectivity index (χ0) is 13.2. The number of hydrogen-bond donors (Lipinski definition) is 3. The van der Waals surface area contributed by atoms with E-state index < -0.39 is 22.0 Å². The first-order valence-electron chi connectivity index (χ1n) is 4.81. The third-order valence-corrected chi connectivity index (χ3v) is 3.78. The highest BCUT2D eigenvalue weighted by Gasteiger charge is 2.26. The largest absolute Gasteiger partial charge is 0.477 e. The number of carboxylic acid groups (broad SMARTS) is 1. The van der Waals surface area contributed by atoms with E-state index in [4.69, 9.17) is 10.2 Å². The number of aliphatic hydroxyl groups is 1. The van der Waals surface area contributed by atoms with Crippen LogP contribution in [0.15, 0.2) is 17.2 Å². The summed E-state index contributed by atoms with van der Waals surface area (Å²) in [5.74, 6) is -1.32. The van der Waals surface area contributed by atoms with Gasteiger partial charge in [-0.05, 0) is 13.0 Å². The zero-order valence-electron chi connectivity index (χ0n) is 9.41. The highest BCUT2D eigenvalue weighted by molar-refractivity contribution is 7.89. The molecule has 1 heterocycles. The smallest absolute Gasteiger partial charge is 0.353 e. The van der Waals surface area contributed by atoms with Crippen molar-refractivity contribution in [2.24, 2.45) is 7.05 Å². The molecule has 0 fully saturated rings. The van der Waals surface area contributed by atoms with Gasteiger partial charge in [0.1, 0.15) is 10.6 Å². The van der Waals surface area contributed by atoms with Gasteiger partial charge in [-0.2, -0.15) is 0 Å². The SMILES string of the molecule is CC(CO)NS(=O)(=O)c1ccn(C)c1C(=O)O. The minimum Gasteiger partial charge on any atom is -0.477 e. The number of hydrogen-bond acceptors (Lipinski definition) is 4. The summed E-state index contributed by atoms with van der Waals surface area (Å²) in [5, 5.41) is 17.7. The van der Waals surface area contributed by atoms with E-state index >= 15 is 0 Å². The predicted octanol–water partition coefficient (Wildman–Crippen LogP) is -0.618. The van der Waals surface area contributed by atoms with Crippen LogP contribution in [-0.2, 0) is 17.1 Å². The first-order valence-corrected chi connectivity index (χ1v) is 6.29. The van der Waals surface area contributed by atoms with Crippen molar-refractivity contribution in [2.75, 3.05) is 6.61 Å². The molecule has 0 amide bonds. The van der Waals surface area contributed by atoms with Crippen LogP contribution < -0.4 is 4.72 Å². The van der Waals surface area contributed by atoms with E-state index in [1.807, 2.05) is 0 Å². The number of carboxylic acids is 1. The fourth-order valence-corrected chi connectivity index (χ4v) is 2.80. The number of aryl methyl sites for hydroxylation is 1. The molecular weight excluding hydrogens is 248 g/mol. The Labute approximate surface area is 98.7 Å². The van der Waals surface area contributed by atoms with Crippen molar-refractivity contribution < 1.29 is 23.4 Å². The molecule has 17 heavy (non-hydrogen) atoms. The minimum absolute atomic E-state index is 0.312. The highest BCUT2D eigenvalue weighted by Crippen LogP contribution is 2.16. The number of sulfonamides is 1. The molecule has 0 aromatic carbocycles. The van der Waals surface area contributed by atoms with E-state index in [1.165, 1.54) is 30.8 Å². The molecule has 0 aliphatic heterocycles. The van der Waals surface area contributed by atoms with Crippen molar-refractivity contribution in [3.8, 4) is 0 Å². The summed E-state index contributed by atoms with van der Waals surface area (Å²) in [6.07, 6.45) is 1.35. The standard InChI is InChI=1S/C9H14N2O5S/c1-6(5-12)10-17(15,16)7-3-4-11(2)8(7)9(13)14/h3-4,6,10,12H,5H2,1-2H3,(H,13,14). The number of aromatic nitrogens is 1. The number of aromatic carboxylic acids is 1. The molecule has 1 aromatic rings. The molecule has 0 radical (unpaired) electrons. The van der Waals surface area contributed by atoms with Gasteiger partial charge in [-0.25, -0.2) is 17.9 Å². The third-order valence-electron chi connectivity index (χ3n) is 2.16. The van der Waals surface area contributed by atoms with E-state index in [-0.39, 0.29) is 17.2 Å². The average Bonchev–Trinajstić information content (AvgIpc) is 2.60. The summed E-state index contributed by atoms with van der Waals surface area (Å²) in [6.45, 7) is 1.11. The third kappa shape index (κ3) is 2.84. The Balaban J connectivity index is 3.20. The lowest BCUT2D eigenvalue weighted by Gasteiger charge is -2.11. The van der Waals surface area contributed by atoms with E-state index in [0.29, 0.717) is 0 Å². The summed E-state index contributed by atoms with van der Waals surface area (Å²) in [6, 6.07) is 0.525. The van der Waals surface area contributed by atoms with Crippen LogP contribution in [0.1, 0.15) is 17.4 Å². The second-order valence-corrected chi connectivity index (χ2v) is 5.33. The molecule has 1 atom stereocenters. The van der Waals surface area contributed by atoms with Gasteiger partial charge in [0.15, 0.2) is 0 Å². The van der Waals surface area contributed by atoms with Crippen LogP contribution in [0.25, 0.3) is 0 Å². The van der Waals surface area contributed by atoms with Crippen LogP contribution in [0.3, 0.4) is 0 Å². The Morgan fingerprint density at radius 1 is 1.59 bits per heavy atom. The van der Waals surface area contributed by atoms with Gasteiger partial charge in [0.25, 0.3) is 0 Å². The maximum atomic E-state index is 11.8. The number of nitrogens with one attached hydrogen (secondary N) is 1. The van der Waals surface area contributed by atoms with Gasteiger partial charge in [0.2, 0.25) is 10.0 Å². The molecule has 7 nitrogen and oxygen atoms in total. The van der Waals surface area contributed by atoms with Crippen LogP contribution in [0.5, 0.6) is 0 Å². The van der Waals surface area contributed by atoms with Crippen LogP contribution in [0, 0.1) is 0 Å². The van der Waals surface area contributed by atoms with Gasteiger partial charge in [0, 0.05) is 19.3 Å². The van der Waals surface area contributed by atoms with Crippen LogP contribution >= 0.6 is 0 Å². The molecule has 1 aromatic heterocycles. The molecule has 1 rings (SSSR count). The topological polar surface area (TPSA) is 109 Å². The number of rotatable bonds is 5. The Bertz CT molecular complexity index is 519. The zero-order valence-corrected chi connectivity index (χ0v) is 10.2. The monoisotopic (exact) mass is 262 g/mol. The second-order valence-electron chi connectivity index (χ2n) is 3.65. The molecule has 3 N–H and O–H groups in total. The summed E-state index contributed by atoms with van der Waals surface area (Å²) in [7, 11) is -2.50. The van der Waals surface area contributed by atoms with Crippen molar-refractivity contribution in [2.45, 2.75) is 17.9 Å². The molecule has 1 unspecified atom stereocenters. The van der Waals surface area contributed by atoms with E-state index in [9.17, 15) is 13.2 Å². The normalized spacial score (nSPS) is 13.6. The molecule has 0 aliphatic rings. The van der Waals surface area contributed by atoms with Gasteiger partial charge in [0.05, 0.1) is 6.61 Å². The fourth-order valence-electron chi connectivity index (χ4n) is 1.35. The molecule has 0 saturated carbocycles. The van der Waals surface area contributed by atoms with Gasteiger partial charge < -0.3 is 14.8 Å². The van der Waals surface area contributed by atoms with Gasteiger partial charge >= 0.3 is 5.97 Å². The first kappa shape index (κ1) is 13.7. The first-order chi connectivity index (χ1) is 7.79.